The highest BCUT2D eigenvalue weighted by Crippen LogP contribution is 2.24. The zero-order valence-electron chi connectivity index (χ0n) is 9.08. The molecule has 0 aliphatic heterocycles. The van der Waals surface area contributed by atoms with Gasteiger partial charge in [-0.15, -0.1) is 0 Å². The van der Waals surface area contributed by atoms with Crippen molar-refractivity contribution < 1.29 is 4.79 Å². The molecule has 0 aromatic carbocycles. The molecule has 1 N–H and O–H groups in total. The molecule has 82 valence electrons. The Kier molecular flexibility index (Phi) is 5.33. The number of nitrogens with one attached hydrogen (secondary N) is 1. The first kappa shape index (κ1) is 11.9. The number of rotatable bonds is 7. The lowest BCUT2D eigenvalue weighted by atomic mass is 10.4. The molecule has 1 saturated carbocycles. The largest absolute Gasteiger partial charge is 0.342 e. The molecule has 0 atom stereocenters. The van der Waals surface area contributed by atoms with E-state index in [1.807, 2.05) is 23.7 Å². The number of hydrogen-bond acceptors (Lipinski definition) is 3. The summed E-state index contributed by atoms with van der Waals surface area (Å²) >= 11 is 1.85. The van der Waals surface area contributed by atoms with E-state index in [9.17, 15) is 4.79 Å². The van der Waals surface area contributed by atoms with Crippen molar-refractivity contribution in [3.8, 4) is 0 Å². The van der Waals surface area contributed by atoms with E-state index in [4.69, 9.17) is 0 Å². The minimum Gasteiger partial charge on any atom is -0.342 e. The maximum absolute atomic E-state index is 11.5. The summed E-state index contributed by atoms with van der Waals surface area (Å²) in [5.74, 6) is 1.40. The molecule has 1 rings (SSSR count). The number of thioether (sulfide) groups is 1. The molecule has 4 heteroatoms. The Balaban J connectivity index is 1.97. The zero-order valence-corrected chi connectivity index (χ0v) is 9.90. The Labute approximate surface area is 90.6 Å². The second-order valence-electron chi connectivity index (χ2n) is 3.76. The first-order chi connectivity index (χ1) is 6.75. The number of carbonyl (C=O) groups is 1. The fourth-order valence-corrected chi connectivity index (χ4v) is 1.76. The van der Waals surface area contributed by atoms with Crippen molar-refractivity contribution in [1.29, 1.82) is 0 Å². The van der Waals surface area contributed by atoms with Crippen molar-refractivity contribution in [3.05, 3.63) is 0 Å². The molecule has 0 saturated heterocycles. The Morgan fingerprint density at radius 1 is 1.57 bits per heavy atom. The van der Waals surface area contributed by atoms with Crippen LogP contribution < -0.4 is 5.32 Å². The number of hydrogen-bond donors (Lipinski definition) is 1. The van der Waals surface area contributed by atoms with Crippen LogP contribution in [0.1, 0.15) is 19.3 Å². The summed E-state index contributed by atoms with van der Waals surface area (Å²) in [6, 6.07) is 0.537. The van der Waals surface area contributed by atoms with Crippen LogP contribution in [-0.2, 0) is 4.79 Å². The Morgan fingerprint density at radius 3 is 2.86 bits per heavy atom. The molecule has 0 aromatic heterocycles. The van der Waals surface area contributed by atoms with Gasteiger partial charge in [-0.05, 0) is 37.8 Å². The van der Waals surface area contributed by atoms with Crippen molar-refractivity contribution in [2.24, 2.45) is 0 Å². The monoisotopic (exact) mass is 216 g/mol. The van der Waals surface area contributed by atoms with E-state index < -0.39 is 0 Å². The highest BCUT2D eigenvalue weighted by Gasteiger charge is 2.28. The van der Waals surface area contributed by atoms with Crippen LogP contribution in [0.3, 0.4) is 0 Å². The normalized spacial score (nSPS) is 15.6. The molecular weight excluding hydrogens is 196 g/mol. The van der Waals surface area contributed by atoms with Crippen molar-refractivity contribution in [1.82, 2.24) is 10.2 Å². The standard InChI is InChI=1S/C10H20N2OS/c1-12(9-4-5-9)10(13)8-11-6-3-7-14-2/h9,11H,3-8H2,1-2H3. The van der Waals surface area contributed by atoms with Crippen LogP contribution in [0.4, 0.5) is 0 Å². The molecular formula is C10H20N2OS. The number of likely N-dealkylation sites (N-methyl/N-ethyl adjacent to an activating group) is 1. The van der Waals surface area contributed by atoms with Gasteiger partial charge >= 0.3 is 0 Å². The van der Waals surface area contributed by atoms with Crippen molar-refractivity contribution in [2.45, 2.75) is 25.3 Å². The van der Waals surface area contributed by atoms with E-state index in [-0.39, 0.29) is 5.91 Å². The molecule has 0 spiro atoms. The Morgan fingerprint density at radius 2 is 2.29 bits per heavy atom. The van der Waals surface area contributed by atoms with Crippen molar-refractivity contribution >= 4 is 17.7 Å². The lowest BCUT2D eigenvalue weighted by Gasteiger charge is -2.16. The number of carbonyl (C=O) groups excluding carboxylic acids is 1. The third-order valence-electron chi connectivity index (χ3n) is 2.47. The number of amides is 1. The van der Waals surface area contributed by atoms with Crippen LogP contribution in [0.25, 0.3) is 0 Å². The van der Waals surface area contributed by atoms with Gasteiger partial charge in [0, 0.05) is 13.1 Å². The molecule has 0 aromatic rings. The lowest BCUT2D eigenvalue weighted by molar-refractivity contribution is -0.129. The Bertz CT molecular complexity index is 183. The second kappa shape index (κ2) is 6.30. The van der Waals surface area contributed by atoms with E-state index in [1.165, 1.54) is 18.6 Å². The quantitative estimate of drug-likeness (QED) is 0.643. The summed E-state index contributed by atoms with van der Waals surface area (Å²) in [4.78, 5) is 13.4. The van der Waals surface area contributed by atoms with Crippen LogP contribution in [0.5, 0.6) is 0 Å². The van der Waals surface area contributed by atoms with Gasteiger partial charge < -0.3 is 10.2 Å². The summed E-state index contributed by atoms with van der Waals surface area (Å²) in [6.07, 6.45) is 5.62. The molecule has 3 nitrogen and oxygen atoms in total. The second-order valence-corrected chi connectivity index (χ2v) is 4.74. The average molecular weight is 216 g/mol. The van der Waals surface area contributed by atoms with Crippen LogP contribution in [0.2, 0.25) is 0 Å². The molecule has 0 radical (unpaired) electrons. The van der Waals surface area contributed by atoms with Crippen LogP contribution in [0.15, 0.2) is 0 Å². The zero-order chi connectivity index (χ0) is 10.4. The molecule has 0 bridgehead atoms. The summed E-state index contributed by atoms with van der Waals surface area (Å²) in [5, 5.41) is 3.18. The highest BCUT2D eigenvalue weighted by atomic mass is 32.2. The van der Waals surface area contributed by atoms with E-state index in [2.05, 4.69) is 11.6 Å². The molecule has 1 amide bonds. The fraction of sp³-hybridized carbons (Fsp3) is 0.900. The highest BCUT2D eigenvalue weighted by molar-refractivity contribution is 7.98. The van der Waals surface area contributed by atoms with Crippen molar-refractivity contribution in [2.75, 3.05) is 32.1 Å². The van der Waals surface area contributed by atoms with Gasteiger partial charge in [-0.25, -0.2) is 0 Å². The molecule has 0 heterocycles. The molecule has 0 unspecified atom stereocenters. The van der Waals surface area contributed by atoms with E-state index in [0.29, 0.717) is 12.6 Å². The molecule has 1 aliphatic rings. The molecule has 14 heavy (non-hydrogen) atoms. The van der Waals surface area contributed by atoms with E-state index in [0.717, 1.165) is 13.0 Å². The van der Waals surface area contributed by atoms with Gasteiger partial charge in [0.2, 0.25) is 5.91 Å². The van der Waals surface area contributed by atoms with Crippen LogP contribution in [0, 0.1) is 0 Å². The SMILES string of the molecule is CSCCCNCC(=O)N(C)C1CC1. The predicted octanol–water partition coefficient (Wildman–Crippen LogP) is 0.950. The van der Waals surface area contributed by atoms with Gasteiger partial charge in [0.1, 0.15) is 0 Å². The minimum absolute atomic E-state index is 0.233. The summed E-state index contributed by atoms with van der Waals surface area (Å²) < 4.78 is 0. The minimum atomic E-state index is 0.233. The van der Waals surface area contributed by atoms with E-state index in [1.54, 1.807) is 0 Å². The van der Waals surface area contributed by atoms with Gasteiger partial charge in [0.05, 0.1) is 6.54 Å². The van der Waals surface area contributed by atoms with Crippen LogP contribution in [-0.4, -0.2) is 49.0 Å². The van der Waals surface area contributed by atoms with E-state index >= 15 is 0 Å². The fourth-order valence-electron chi connectivity index (χ4n) is 1.33. The lowest BCUT2D eigenvalue weighted by Crippen LogP contribution is -2.37. The van der Waals surface area contributed by atoms with Gasteiger partial charge in [0.15, 0.2) is 0 Å². The Hall–Kier alpha value is -0.220. The summed E-state index contributed by atoms with van der Waals surface area (Å²) in [5.41, 5.74) is 0. The predicted molar refractivity (Wildman–Crippen MR) is 61.7 cm³/mol. The number of nitrogens with zero attached hydrogens (tertiary/aromatic N) is 1. The third kappa shape index (κ3) is 4.33. The van der Waals surface area contributed by atoms with Crippen molar-refractivity contribution in [3.63, 3.8) is 0 Å². The van der Waals surface area contributed by atoms with Gasteiger partial charge in [-0.3, -0.25) is 4.79 Å². The maximum Gasteiger partial charge on any atom is 0.236 e. The molecule has 1 aliphatic carbocycles. The topological polar surface area (TPSA) is 32.3 Å². The maximum atomic E-state index is 11.5. The smallest absolute Gasteiger partial charge is 0.236 e. The summed E-state index contributed by atoms with van der Waals surface area (Å²) in [6.45, 7) is 1.45. The first-order valence-electron chi connectivity index (χ1n) is 5.21. The van der Waals surface area contributed by atoms with Gasteiger partial charge in [-0.2, -0.15) is 11.8 Å². The third-order valence-corrected chi connectivity index (χ3v) is 3.16. The average Bonchev–Trinajstić information content (AvgIpc) is 2.99. The van der Waals surface area contributed by atoms with Gasteiger partial charge in [0.25, 0.3) is 0 Å². The van der Waals surface area contributed by atoms with Crippen LogP contribution >= 0.6 is 11.8 Å². The first-order valence-corrected chi connectivity index (χ1v) is 6.60. The molecule has 1 fully saturated rings. The summed E-state index contributed by atoms with van der Waals surface area (Å²) in [7, 11) is 1.91. The van der Waals surface area contributed by atoms with Gasteiger partial charge in [-0.1, -0.05) is 0 Å².